The van der Waals surface area contributed by atoms with Gasteiger partial charge in [-0.1, -0.05) is 42.5 Å². The molecule has 0 heterocycles. The van der Waals surface area contributed by atoms with Crippen LogP contribution in [0.5, 0.6) is 0 Å². The van der Waals surface area contributed by atoms with Crippen molar-refractivity contribution in [2.24, 2.45) is 5.73 Å². The Morgan fingerprint density at radius 1 is 1.05 bits per heavy atom. The van der Waals surface area contributed by atoms with E-state index in [4.69, 9.17) is 5.73 Å². The summed E-state index contributed by atoms with van der Waals surface area (Å²) in [4.78, 5) is 0. The Labute approximate surface area is 108 Å². The van der Waals surface area contributed by atoms with Crippen LogP contribution in [0.4, 0.5) is 13.2 Å². The summed E-state index contributed by atoms with van der Waals surface area (Å²) < 4.78 is 37.2. The van der Waals surface area contributed by atoms with Crippen LogP contribution in [0.15, 0.2) is 42.5 Å². The zero-order valence-electron chi connectivity index (χ0n) is 10.1. The van der Waals surface area contributed by atoms with Crippen LogP contribution in [0.25, 0.3) is 10.8 Å². The van der Waals surface area contributed by atoms with E-state index in [1.807, 2.05) is 18.2 Å². The Bertz CT molecular complexity index is 563. The first-order valence-corrected chi connectivity index (χ1v) is 5.87. The first kappa shape index (κ1) is 13.8. The number of alkyl halides is 3. The summed E-state index contributed by atoms with van der Waals surface area (Å²) in [6.07, 6.45) is -6.27. The van der Waals surface area contributed by atoms with Crippen LogP contribution in [0, 0.1) is 0 Å². The second-order valence-electron chi connectivity index (χ2n) is 4.47. The lowest BCUT2D eigenvalue weighted by Crippen LogP contribution is -2.38. The molecular weight excluding hydrogens is 255 g/mol. The molecule has 2 aromatic carbocycles. The zero-order chi connectivity index (χ0) is 14.0. The zero-order valence-corrected chi connectivity index (χ0v) is 10.1. The van der Waals surface area contributed by atoms with Crippen molar-refractivity contribution >= 4 is 10.8 Å². The molecule has 0 aromatic heterocycles. The van der Waals surface area contributed by atoms with E-state index in [1.54, 1.807) is 24.3 Å². The molecule has 2 rings (SSSR count). The predicted octanol–water partition coefficient (Wildman–Crippen LogP) is 3.15. The smallest absolute Gasteiger partial charge is 0.388 e. The molecule has 19 heavy (non-hydrogen) atoms. The van der Waals surface area contributed by atoms with Crippen molar-refractivity contribution < 1.29 is 18.3 Å². The van der Waals surface area contributed by atoms with Crippen molar-refractivity contribution in [2.75, 3.05) is 0 Å². The largest absolute Gasteiger partial charge is 0.403 e. The number of fused-ring (bicyclic) bond motifs is 1. The molecule has 0 bridgehead atoms. The van der Waals surface area contributed by atoms with Crippen LogP contribution in [0.2, 0.25) is 0 Å². The van der Waals surface area contributed by atoms with Crippen molar-refractivity contribution in [2.45, 2.75) is 24.7 Å². The molecular formula is C14H14F3NO. The molecule has 3 N–H and O–H groups in total. The molecule has 0 aliphatic rings. The van der Waals surface area contributed by atoms with Gasteiger partial charge in [0, 0.05) is 6.42 Å². The van der Waals surface area contributed by atoms with E-state index in [0.717, 1.165) is 10.8 Å². The number of nitrogens with two attached hydrogens (primary N) is 1. The number of benzene rings is 2. The minimum absolute atomic E-state index is 0.470. The van der Waals surface area contributed by atoms with Crippen LogP contribution >= 0.6 is 0 Å². The molecule has 0 saturated heterocycles. The Hall–Kier alpha value is -1.59. The second-order valence-corrected chi connectivity index (χ2v) is 4.47. The quantitative estimate of drug-likeness (QED) is 0.899. The van der Waals surface area contributed by atoms with Crippen molar-refractivity contribution in [1.29, 1.82) is 0 Å². The minimum Gasteiger partial charge on any atom is -0.388 e. The Morgan fingerprint density at radius 3 is 2.37 bits per heavy atom. The molecule has 0 aliphatic heterocycles. The van der Waals surface area contributed by atoms with Gasteiger partial charge < -0.3 is 10.8 Å². The molecule has 0 fully saturated rings. The lowest BCUT2D eigenvalue weighted by atomic mass is 9.96. The average molecular weight is 269 g/mol. The topological polar surface area (TPSA) is 46.2 Å². The van der Waals surface area contributed by atoms with Crippen LogP contribution in [0.3, 0.4) is 0 Å². The molecule has 5 heteroatoms. The summed E-state index contributed by atoms with van der Waals surface area (Å²) in [6, 6.07) is 10.4. The van der Waals surface area contributed by atoms with E-state index in [-0.39, 0.29) is 0 Å². The molecule has 2 aromatic rings. The van der Waals surface area contributed by atoms with E-state index in [9.17, 15) is 18.3 Å². The third kappa shape index (κ3) is 3.05. The monoisotopic (exact) mass is 269 g/mol. The first-order valence-electron chi connectivity index (χ1n) is 5.87. The summed E-state index contributed by atoms with van der Waals surface area (Å²) in [5, 5.41) is 11.6. The van der Waals surface area contributed by atoms with E-state index in [2.05, 4.69) is 0 Å². The normalized spacial score (nSPS) is 15.4. The molecule has 102 valence electrons. The highest BCUT2D eigenvalue weighted by molar-refractivity contribution is 5.85. The van der Waals surface area contributed by atoms with Crippen molar-refractivity contribution in [3.05, 3.63) is 48.0 Å². The molecule has 0 aliphatic carbocycles. The third-order valence-corrected chi connectivity index (χ3v) is 3.08. The van der Waals surface area contributed by atoms with Gasteiger partial charge in [0.1, 0.15) is 6.04 Å². The van der Waals surface area contributed by atoms with Gasteiger partial charge in [-0.15, -0.1) is 0 Å². The van der Waals surface area contributed by atoms with Crippen LogP contribution in [0.1, 0.15) is 18.1 Å². The van der Waals surface area contributed by atoms with Crippen LogP contribution in [-0.2, 0) is 0 Å². The summed E-state index contributed by atoms with van der Waals surface area (Å²) in [6.45, 7) is 0. The molecule has 0 radical (unpaired) electrons. The number of aliphatic hydroxyl groups excluding tert-OH is 1. The SMILES string of the molecule is N[C@@H](C[C@@H](O)c1cccc2ccccc12)C(F)(F)F. The molecule has 0 unspecified atom stereocenters. The highest BCUT2D eigenvalue weighted by Gasteiger charge is 2.38. The fourth-order valence-electron chi connectivity index (χ4n) is 2.04. The maximum absolute atomic E-state index is 12.4. The van der Waals surface area contributed by atoms with Gasteiger partial charge in [-0.3, -0.25) is 0 Å². The number of hydrogen-bond acceptors (Lipinski definition) is 2. The Morgan fingerprint density at radius 2 is 1.68 bits per heavy atom. The second kappa shape index (κ2) is 5.19. The fourth-order valence-corrected chi connectivity index (χ4v) is 2.04. The van der Waals surface area contributed by atoms with Crippen molar-refractivity contribution in [3.8, 4) is 0 Å². The van der Waals surface area contributed by atoms with Crippen LogP contribution < -0.4 is 5.73 Å². The van der Waals surface area contributed by atoms with Gasteiger partial charge in [0.15, 0.2) is 0 Å². The van der Waals surface area contributed by atoms with E-state index < -0.39 is 24.7 Å². The van der Waals surface area contributed by atoms with Gasteiger partial charge in [-0.05, 0) is 16.3 Å². The number of aliphatic hydroxyl groups is 1. The van der Waals surface area contributed by atoms with E-state index in [1.165, 1.54) is 0 Å². The van der Waals surface area contributed by atoms with E-state index >= 15 is 0 Å². The predicted molar refractivity (Wildman–Crippen MR) is 67.6 cm³/mol. The number of hydrogen-bond donors (Lipinski definition) is 2. The fraction of sp³-hybridized carbons (Fsp3) is 0.286. The molecule has 0 amide bonds. The van der Waals surface area contributed by atoms with E-state index in [0.29, 0.717) is 5.56 Å². The average Bonchev–Trinajstić information content (AvgIpc) is 2.36. The minimum atomic E-state index is -4.49. The molecule has 0 spiro atoms. The summed E-state index contributed by atoms with van der Waals surface area (Å²) >= 11 is 0. The summed E-state index contributed by atoms with van der Waals surface area (Å²) in [5.74, 6) is 0. The first-order chi connectivity index (χ1) is 8.89. The molecule has 2 atom stereocenters. The lowest BCUT2D eigenvalue weighted by molar-refractivity contribution is -0.153. The van der Waals surface area contributed by atoms with Crippen molar-refractivity contribution in [1.82, 2.24) is 0 Å². The Kier molecular flexibility index (Phi) is 3.78. The van der Waals surface area contributed by atoms with Gasteiger partial charge in [0.25, 0.3) is 0 Å². The van der Waals surface area contributed by atoms with Gasteiger partial charge in [0.05, 0.1) is 6.10 Å². The lowest BCUT2D eigenvalue weighted by Gasteiger charge is -2.20. The highest BCUT2D eigenvalue weighted by Crippen LogP contribution is 2.30. The number of halogens is 3. The van der Waals surface area contributed by atoms with Crippen molar-refractivity contribution in [3.63, 3.8) is 0 Å². The maximum atomic E-state index is 12.4. The van der Waals surface area contributed by atoms with Gasteiger partial charge in [-0.2, -0.15) is 13.2 Å². The summed E-state index contributed by atoms with van der Waals surface area (Å²) in [5.41, 5.74) is 5.52. The number of rotatable bonds is 3. The van der Waals surface area contributed by atoms with Crippen LogP contribution in [-0.4, -0.2) is 17.3 Å². The molecule has 2 nitrogen and oxygen atoms in total. The molecule has 0 saturated carbocycles. The van der Waals surface area contributed by atoms with Gasteiger partial charge in [0.2, 0.25) is 0 Å². The third-order valence-electron chi connectivity index (χ3n) is 3.08. The maximum Gasteiger partial charge on any atom is 0.403 e. The van der Waals surface area contributed by atoms with Gasteiger partial charge in [-0.25, -0.2) is 0 Å². The highest BCUT2D eigenvalue weighted by atomic mass is 19.4. The standard InChI is InChI=1S/C14H14F3NO/c15-14(16,17)13(18)8-12(19)11-7-3-5-9-4-1-2-6-10(9)11/h1-7,12-13,19H,8,18H2/t12-,13+/m1/s1. The Balaban J connectivity index is 2.29. The van der Waals surface area contributed by atoms with Gasteiger partial charge >= 0.3 is 6.18 Å². The summed E-state index contributed by atoms with van der Waals surface area (Å²) in [7, 11) is 0.